The normalized spacial score (nSPS) is 12.7. The molecule has 4 N–H and O–H groups in total. The lowest BCUT2D eigenvalue weighted by atomic mass is 9.93. The molecule has 6 heteroatoms. The Morgan fingerprint density at radius 3 is 0.854 bits per heavy atom. The second kappa shape index (κ2) is 38.7. The van der Waals surface area contributed by atoms with Crippen LogP contribution >= 0.6 is 0 Å². The summed E-state index contributed by atoms with van der Waals surface area (Å²) in [5, 5.41) is 24.7. The van der Waals surface area contributed by atoms with E-state index in [-0.39, 0.29) is 36.9 Å². The second-order valence-electron chi connectivity index (χ2n) is 14.8. The molecule has 0 spiro atoms. The minimum Gasteiger partial charge on any atom is -0.396 e. The zero-order chi connectivity index (χ0) is 35.2. The Balaban J connectivity index is 4.26. The average molecular weight is 681 g/mol. The third-order valence-corrected chi connectivity index (χ3v) is 10.2. The minimum atomic E-state index is -0.00704. The van der Waals surface area contributed by atoms with Crippen LogP contribution in [0.1, 0.15) is 219 Å². The van der Waals surface area contributed by atoms with Gasteiger partial charge in [-0.05, 0) is 38.5 Å². The molecule has 0 radical (unpaired) electrons. The molecule has 0 aromatic rings. The lowest BCUT2D eigenvalue weighted by Gasteiger charge is -2.19. The van der Waals surface area contributed by atoms with Crippen LogP contribution in [0.4, 0.5) is 0 Å². The molecule has 48 heavy (non-hydrogen) atoms. The molecular weight excluding hydrogens is 596 g/mol. The third-order valence-electron chi connectivity index (χ3n) is 10.2. The van der Waals surface area contributed by atoms with Gasteiger partial charge in [0.2, 0.25) is 11.8 Å². The molecule has 0 bridgehead atoms. The van der Waals surface area contributed by atoms with Crippen LogP contribution < -0.4 is 10.6 Å². The van der Waals surface area contributed by atoms with E-state index in [1.54, 1.807) is 0 Å². The molecule has 0 saturated heterocycles. The number of hydrogen-bond acceptors (Lipinski definition) is 4. The van der Waals surface area contributed by atoms with Crippen LogP contribution in [0.25, 0.3) is 0 Å². The zero-order valence-electron chi connectivity index (χ0n) is 32.3. The average Bonchev–Trinajstić information content (AvgIpc) is 3.09. The Kier molecular flexibility index (Phi) is 37.7. The minimum absolute atomic E-state index is 0.00704. The topological polar surface area (TPSA) is 98.7 Å². The number of rotatable bonds is 39. The van der Waals surface area contributed by atoms with E-state index < -0.39 is 0 Å². The molecular formula is C42H84N2O4. The van der Waals surface area contributed by atoms with Crippen molar-refractivity contribution in [2.75, 3.05) is 26.3 Å². The first kappa shape index (κ1) is 46.9. The molecule has 0 fully saturated rings. The van der Waals surface area contributed by atoms with Gasteiger partial charge in [-0.3, -0.25) is 9.59 Å². The molecule has 2 amide bonds. The number of carbonyl (C=O) groups is 2. The van der Waals surface area contributed by atoms with Gasteiger partial charge in [-0.15, -0.1) is 0 Å². The van der Waals surface area contributed by atoms with Crippen molar-refractivity contribution in [1.82, 2.24) is 10.6 Å². The number of hydrogen-bond donors (Lipinski definition) is 4. The number of aliphatic hydroxyl groups excluding tert-OH is 2. The first-order chi connectivity index (χ1) is 23.6. The van der Waals surface area contributed by atoms with Crippen molar-refractivity contribution in [3.05, 3.63) is 0 Å². The van der Waals surface area contributed by atoms with Crippen molar-refractivity contribution in [2.24, 2.45) is 11.8 Å². The summed E-state index contributed by atoms with van der Waals surface area (Å²) < 4.78 is 0. The van der Waals surface area contributed by atoms with Gasteiger partial charge in [0.1, 0.15) is 0 Å². The Morgan fingerprint density at radius 2 is 0.604 bits per heavy atom. The van der Waals surface area contributed by atoms with E-state index in [0.29, 0.717) is 13.1 Å². The zero-order valence-corrected chi connectivity index (χ0v) is 32.3. The van der Waals surface area contributed by atoms with Gasteiger partial charge in [0, 0.05) is 38.1 Å². The maximum absolute atomic E-state index is 13.1. The molecule has 2 unspecified atom stereocenters. The fraction of sp³-hybridized carbons (Fsp3) is 0.952. The quantitative estimate of drug-likeness (QED) is 0.0486. The van der Waals surface area contributed by atoms with Gasteiger partial charge in [-0.25, -0.2) is 0 Å². The number of amides is 2. The summed E-state index contributed by atoms with van der Waals surface area (Å²) in [6, 6.07) is 0. The SMILES string of the molecule is CCCCCCCCCCCCCCC(CCCCO)C(=O)NCCNC(=O)C(CCCCO)CCCCCCCCCCCCCC. The van der Waals surface area contributed by atoms with Crippen molar-refractivity contribution in [3.63, 3.8) is 0 Å². The van der Waals surface area contributed by atoms with Crippen LogP contribution in [0.15, 0.2) is 0 Å². The molecule has 6 nitrogen and oxygen atoms in total. The first-order valence-corrected chi connectivity index (χ1v) is 21.4. The van der Waals surface area contributed by atoms with Gasteiger partial charge in [0.05, 0.1) is 0 Å². The fourth-order valence-electron chi connectivity index (χ4n) is 6.94. The maximum Gasteiger partial charge on any atom is 0.223 e. The molecule has 0 saturated carbocycles. The summed E-state index contributed by atoms with van der Waals surface area (Å²) in [7, 11) is 0. The van der Waals surface area contributed by atoms with E-state index >= 15 is 0 Å². The molecule has 0 aromatic carbocycles. The summed E-state index contributed by atoms with van der Waals surface area (Å²) in [6.07, 6.45) is 38.2. The smallest absolute Gasteiger partial charge is 0.223 e. The predicted molar refractivity (Wildman–Crippen MR) is 206 cm³/mol. The maximum atomic E-state index is 13.1. The number of unbranched alkanes of at least 4 members (excludes halogenated alkanes) is 24. The van der Waals surface area contributed by atoms with Crippen molar-refractivity contribution < 1.29 is 19.8 Å². The van der Waals surface area contributed by atoms with Crippen LogP contribution in [0.5, 0.6) is 0 Å². The fourth-order valence-corrected chi connectivity index (χ4v) is 6.94. The van der Waals surface area contributed by atoms with Crippen LogP contribution in [0, 0.1) is 11.8 Å². The highest BCUT2D eigenvalue weighted by molar-refractivity contribution is 5.79. The number of nitrogens with one attached hydrogen (secondary N) is 2. The third kappa shape index (κ3) is 32.1. The van der Waals surface area contributed by atoms with Crippen molar-refractivity contribution >= 4 is 11.8 Å². The number of carbonyl (C=O) groups excluding carboxylic acids is 2. The van der Waals surface area contributed by atoms with Gasteiger partial charge in [-0.2, -0.15) is 0 Å². The highest BCUT2D eigenvalue weighted by Crippen LogP contribution is 2.20. The van der Waals surface area contributed by atoms with Crippen LogP contribution in [-0.2, 0) is 9.59 Å². The van der Waals surface area contributed by atoms with Crippen molar-refractivity contribution in [1.29, 1.82) is 0 Å². The molecule has 0 aliphatic rings. The summed E-state index contributed by atoms with van der Waals surface area (Å²) >= 11 is 0. The highest BCUT2D eigenvalue weighted by atomic mass is 16.3. The molecule has 286 valence electrons. The van der Waals surface area contributed by atoms with Gasteiger partial charge in [0.15, 0.2) is 0 Å². The van der Waals surface area contributed by atoms with Gasteiger partial charge in [0.25, 0.3) is 0 Å². The molecule has 0 aliphatic carbocycles. The Hall–Kier alpha value is -1.14. The van der Waals surface area contributed by atoms with Crippen molar-refractivity contribution in [2.45, 2.75) is 219 Å². The summed E-state index contributed by atoms with van der Waals surface area (Å²) in [5.74, 6) is 0.183. The largest absolute Gasteiger partial charge is 0.396 e. The van der Waals surface area contributed by atoms with Gasteiger partial charge in [-0.1, -0.05) is 181 Å². The molecule has 0 heterocycles. The first-order valence-electron chi connectivity index (χ1n) is 21.4. The van der Waals surface area contributed by atoms with Crippen LogP contribution in [-0.4, -0.2) is 48.3 Å². The lowest BCUT2D eigenvalue weighted by Crippen LogP contribution is -2.39. The highest BCUT2D eigenvalue weighted by Gasteiger charge is 2.19. The predicted octanol–water partition coefficient (Wildman–Crippen LogP) is 11.0. The van der Waals surface area contributed by atoms with Crippen molar-refractivity contribution in [3.8, 4) is 0 Å². The van der Waals surface area contributed by atoms with E-state index in [2.05, 4.69) is 24.5 Å². The standard InChI is InChI=1S/C42H84N2O4/c1-3-5-7-9-11-13-15-17-19-21-23-25-31-39(33-27-29-37-45)41(47)43-35-36-44-42(48)40(34-28-30-38-46)32-26-24-22-20-18-16-14-12-10-8-6-4-2/h39-40,45-46H,3-38H2,1-2H3,(H,43,47)(H,44,48). The molecule has 0 rings (SSSR count). The van der Waals surface area contributed by atoms with E-state index in [1.165, 1.54) is 141 Å². The summed E-state index contributed by atoms with van der Waals surface area (Å²) in [5.41, 5.74) is 0. The van der Waals surface area contributed by atoms with E-state index in [4.69, 9.17) is 0 Å². The van der Waals surface area contributed by atoms with Crippen LogP contribution in [0.2, 0.25) is 0 Å². The van der Waals surface area contributed by atoms with E-state index in [0.717, 1.165) is 64.2 Å². The van der Waals surface area contributed by atoms with E-state index in [1.807, 2.05) is 0 Å². The Bertz CT molecular complexity index is 618. The van der Waals surface area contributed by atoms with Gasteiger partial charge >= 0.3 is 0 Å². The van der Waals surface area contributed by atoms with E-state index in [9.17, 15) is 19.8 Å². The second-order valence-corrected chi connectivity index (χ2v) is 14.8. The summed E-state index contributed by atoms with van der Waals surface area (Å²) in [6.45, 7) is 5.81. The molecule has 0 aliphatic heterocycles. The van der Waals surface area contributed by atoms with Crippen LogP contribution in [0.3, 0.4) is 0 Å². The monoisotopic (exact) mass is 681 g/mol. The lowest BCUT2D eigenvalue weighted by molar-refractivity contribution is -0.127. The Morgan fingerprint density at radius 1 is 0.375 bits per heavy atom. The van der Waals surface area contributed by atoms with Gasteiger partial charge < -0.3 is 20.8 Å². The molecule has 0 aromatic heterocycles. The Labute approximate surface area is 299 Å². The molecule has 2 atom stereocenters. The number of aliphatic hydroxyl groups is 2. The summed E-state index contributed by atoms with van der Waals surface area (Å²) in [4.78, 5) is 26.1.